The molecule has 5 rings (SSSR count). The Morgan fingerprint density at radius 1 is 0.947 bits per heavy atom. The van der Waals surface area contributed by atoms with Crippen LogP contribution in [-0.2, 0) is 11.3 Å². The van der Waals surface area contributed by atoms with E-state index in [0.29, 0.717) is 50.4 Å². The normalized spacial score (nSPS) is 15.1. The predicted molar refractivity (Wildman–Crippen MR) is 150 cm³/mol. The van der Waals surface area contributed by atoms with Gasteiger partial charge in [0.05, 0.1) is 0 Å². The molecule has 1 saturated heterocycles. The Hall–Kier alpha value is -3.57. The van der Waals surface area contributed by atoms with Crippen LogP contribution in [0, 0.1) is 33.1 Å². The van der Waals surface area contributed by atoms with E-state index in [2.05, 4.69) is 35.1 Å². The van der Waals surface area contributed by atoms with E-state index in [1.165, 1.54) is 22.3 Å². The van der Waals surface area contributed by atoms with Crippen molar-refractivity contribution in [2.45, 2.75) is 33.2 Å². The number of carbonyl (C=O) groups is 1. The minimum Gasteiger partial charge on any atom is -0.448 e. The summed E-state index contributed by atoms with van der Waals surface area (Å²) in [5.74, 6) is 2.77. The summed E-state index contributed by atoms with van der Waals surface area (Å²) in [6.45, 7) is 9.21. The number of ether oxygens (including phenoxy) is 1. The number of nitrogens with zero attached hydrogens (tertiary/aromatic N) is 2. The smallest absolute Gasteiger partial charge is 0.448 e. The molecule has 0 bridgehead atoms. The summed E-state index contributed by atoms with van der Waals surface area (Å²) in [6, 6.07) is 16.7. The molecular weight excluding hydrogens is 475 g/mol. The molecule has 6 nitrogen and oxygen atoms in total. The van der Waals surface area contributed by atoms with Crippen LogP contribution in [-0.4, -0.2) is 65.8 Å². The quantitative estimate of drug-likeness (QED) is 0.409. The van der Waals surface area contributed by atoms with Crippen molar-refractivity contribution in [1.29, 1.82) is 0 Å². The Kier molecular flexibility index (Phi) is 7.31. The van der Waals surface area contributed by atoms with E-state index in [-0.39, 0.29) is 12.0 Å². The van der Waals surface area contributed by atoms with Gasteiger partial charge in [0.25, 0.3) is 0 Å². The van der Waals surface area contributed by atoms with Crippen LogP contribution in [0.1, 0.15) is 44.9 Å². The third-order valence-electron chi connectivity index (χ3n) is 8.21. The summed E-state index contributed by atoms with van der Waals surface area (Å²) in [4.78, 5) is 17.0. The first-order chi connectivity index (χ1) is 18.3. The average Bonchev–Trinajstić information content (AvgIpc) is 3.24. The van der Waals surface area contributed by atoms with Gasteiger partial charge in [0, 0.05) is 44.2 Å². The van der Waals surface area contributed by atoms with Crippen LogP contribution in [0.3, 0.4) is 0 Å². The van der Waals surface area contributed by atoms with Crippen LogP contribution < -0.4 is 5.46 Å². The molecule has 2 N–H and O–H groups in total. The molecule has 1 heterocycles. The van der Waals surface area contributed by atoms with Gasteiger partial charge in [-0.15, -0.1) is 6.42 Å². The molecule has 1 amide bonds. The molecule has 1 fully saturated rings. The van der Waals surface area contributed by atoms with E-state index < -0.39 is 7.12 Å². The molecule has 0 unspecified atom stereocenters. The van der Waals surface area contributed by atoms with Crippen molar-refractivity contribution in [3.63, 3.8) is 0 Å². The van der Waals surface area contributed by atoms with E-state index in [4.69, 9.17) is 11.2 Å². The zero-order chi connectivity index (χ0) is 27.0. The van der Waals surface area contributed by atoms with Gasteiger partial charge in [-0.05, 0) is 70.7 Å². The molecule has 0 spiro atoms. The molecular formula is C31H33BN2O4. The maximum absolute atomic E-state index is 13.0. The summed E-state index contributed by atoms with van der Waals surface area (Å²) >= 11 is 0. The van der Waals surface area contributed by atoms with Crippen LogP contribution in [0.2, 0.25) is 0 Å². The number of piperazine rings is 1. The van der Waals surface area contributed by atoms with Gasteiger partial charge in [-0.1, -0.05) is 54.5 Å². The third kappa shape index (κ3) is 4.60. The van der Waals surface area contributed by atoms with Gasteiger partial charge >= 0.3 is 13.2 Å². The summed E-state index contributed by atoms with van der Waals surface area (Å²) in [7, 11) is -1.58. The number of hydrogen-bond acceptors (Lipinski definition) is 5. The molecule has 0 aromatic heterocycles. The van der Waals surface area contributed by atoms with Crippen molar-refractivity contribution in [3.8, 4) is 23.5 Å². The van der Waals surface area contributed by atoms with Crippen molar-refractivity contribution < 1.29 is 19.6 Å². The second kappa shape index (κ2) is 10.7. The summed E-state index contributed by atoms with van der Waals surface area (Å²) < 4.78 is 5.85. The van der Waals surface area contributed by atoms with Crippen molar-refractivity contribution in [2.75, 3.05) is 32.8 Å². The zero-order valence-electron chi connectivity index (χ0n) is 22.2. The van der Waals surface area contributed by atoms with E-state index in [1.54, 1.807) is 4.90 Å². The molecule has 38 heavy (non-hydrogen) atoms. The Balaban J connectivity index is 1.22. The highest BCUT2D eigenvalue weighted by atomic mass is 16.6. The first-order valence-electron chi connectivity index (χ1n) is 13.1. The van der Waals surface area contributed by atoms with Gasteiger partial charge in [-0.2, -0.15) is 0 Å². The van der Waals surface area contributed by atoms with Crippen molar-refractivity contribution in [1.82, 2.24) is 9.80 Å². The van der Waals surface area contributed by atoms with Gasteiger partial charge in [0.2, 0.25) is 0 Å². The number of hydrogen-bond donors (Lipinski definition) is 2. The highest BCUT2D eigenvalue weighted by Crippen LogP contribution is 2.44. The van der Waals surface area contributed by atoms with Crippen molar-refractivity contribution in [2.24, 2.45) is 0 Å². The fourth-order valence-electron chi connectivity index (χ4n) is 6.13. The lowest BCUT2D eigenvalue weighted by Crippen LogP contribution is -2.49. The standard InChI is InChI=1S/C31H33BN2O4/c1-5-23-20(2)28(22(4)30(21(23)3)32(36)37)18-33-14-16-34(17-15-33)31(35)38-19-29-26-12-8-6-10-24(26)25-11-7-9-13-27(25)29/h1,6-13,29,36-37H,14-19H2,2-4H3. The Bertz CT molecular complexity index is 1370. The van der Waals surface area contributed by atoms with Crippen molar-refractivity contribution in [3.05, 3.63) is 87.5 Å². The second-order valence-corrected chi connectivity index (χ2v) is 10.2. The lowest BCUT2D eigenvalue weighted by molar-refractivity contribution is 0.0727. The first-order valence-corrected chi connectivity index (χ1v) is 13.1. The molecule has 3 aromatic carbocycles. The van der Waals surface area contributed by atoms with Crippen LogP contribution in [0.4, 0.5) is 4.79 Å². The summed E-state index contributed by atoms with van der Waals surface area (Å²) in [6.07, 6.45) is 5.48. The Labute approximate surface area is 225 Å². The Morgan fingerprint density at radius 2 is 1.53 bits per heavy atom. The number of rotatable bonds is 5. The lowest BCUT2D eigenvalue weighted by atomic mass is 9.70. The largest absolute Gasteiger partial charge is 0.489 e. The monoisotopic (exact) mass is 508 g/mol. The minimum absolute atomic E-state index is 0.0431. The minimum atomic E-state index is -1.58. The number of terminal acetylenes is 1. The van der Waals surface area contributed by atoms with Gasteiger partial charge in [-0.25, -0.2) is 4.79 Å². The molecule has 7 heteroatoms. The molecule has 194 valence electrons. The third-order valence-corrected chi connectivity index (χ3v) is 8.21. The molecule has 3 aromatic rings. The lowest BCUT2D eigenvalue weighted by Gasteiger charge is -2.35. The summed E-state index contributed by atoms with van der Waals surface area (Å²) in [5, 5.41) is 20.0. The Morgan fingerprint density at radius 3 is 2.08 bits per heavy atom. The van der Waals surface area contributed by atoms with Crippen LogP contribution >= 0.6 is 0 Å². The highest BCUT2D eigenvalue weighted by Gasteiger charge is 2.31. The van der Waals surface area contributed by atoms with Crippen LogP contribution in [0.25, 0.3) is 11.1 Å². The molecule has 0 saturated carbocycles. The highest BCUT2D eigenvalue weighted by molar-refractivity contribution is 6.60. The number of benzene rings is 3. The van der Waals surface area contributed by atoms with E-state index >= 15 is 0 Å². The molecule has 2 aliphatic rings. The SMILES string of the molecule is C#Cc1c(C)c(CN2CCN(C(=O)OCC3c4ccccc4-c4ccccc43)CC2)c(C)c(B(O)O)c1C. The van der Waals surface area contributed by atoms with E-state index in [1.807, 2.05) is 45.0 Å². The van der Waals surface area contributed by atoms with E-state index in [0.717, 1.165) is 22.3 Å². The molecule has 0 atom stereocenters. The van der Waals surface area contributed by atoms with Gasteiger partial charge < -0.3 is 19.7 Å². The topological polar surface area (TPSA) is 73.2 Å². The zero-order valence-corrected chi connectivity index (χ0v) is 22.2. The van der Waals surface area contributed by atoms with Crippen LogP contribution in [0.15, 0.2) is 48.5 Å². The maximum Gasteiger partial charge on any atom is 0.489 e. The fraction of sp³-hybridized carbons (Fsp3) is 0.323. The van der Waals surface area contributed by atoms with Crippen molar-refractivity contribution >= 4 is 18.7 Å². The van der Waals surface area contributed by atoms with Gasteiger partial charge in [0.15, 0.2) is 0 Å². The van der Waals surface area contributed by atoms with Crippen LogP contribution in [0.5, 0.6) is 0 Å². The molecule has 1 aliphatic heterocycles. The average molecular weight is 508 g/mol. The molecule has 1 aliphatic carbocycles. The van der Waals surface area contributed by atoms with Gasteiger partial charge in [-0.3, -0.25) is 4.90 Å². The number of amides is 1. The fourth-order valence-corrected chi connectivity index (χ4v) is 6.13. The maximum atomic E-state index is 13.0. The molecule has 0 radical (unpaired) electrons. The summed E-state index contributed by atoms with van der Waals surface area (Å²) in [5.41, 5.74) is 9.62. The number of fused-ring (bicyclic) bond motifs is 3. The predicted octanol–water partition coefficient (Wildman–Crippen LogP) is 3.34. The second-order valence-electron chi connectivity index (χ2n) is 10.2. The van der Waals surface area contributed by atoms with E-state index in [9.17, 15) is 14.8 Å². The van der Waals surface area contributed by atoms with Gasteiger partial charge in [0.1, 0.15) is 6.61 Å². The number of carbonyl (C=O) groups excluding carboxylic acids is 1. The first kappa shape index (κ1) is 26.1.